The van der Waals surface area contributed by atoms with Crippen LogP contribution in [0.2, 0.25) is 0 Å². The fourth-order valence-electron chi connectivity index (χ4n) is 2.63. The first-order valence-corrected chi connectivity index (χ1v) is 8.30. The van der Waals surface area contributed by atoms with E-state index in [9.17, 15) is 22.8 Å². The van der Waals surface area contributed by atoms with Crippen LogP contribution in [-0.4, -0.2) is 25.7 Å². The molecule has 0 saturated heterocycles. The standard InChI is InChI=1S/C18H16F3N5O2/c1-11(9-26-17(28)22-10-23-26)12-4-2-5-13(8-12)24-16(27)14-6-3-7-15(25-14)18(19,20)21/h2-8,10-11H,9H2,1H3,(H,24,27)(H,22,23,28). The first-order chi connectivity index (χ1) is 13.2. The van der Waals surface area contributed by atoms with Crippen LogP contribution in [0.25, 0.3) is 0 Å². The molecule has 28 heavy (non-hydrogen) atoms. The van der Waals surface area contributed by atoms with Gasteiger partial charge in [-0.15, -0.1) is 0 Å². The number of carbonyl (C=O) groups excluding carboxylic acids is 1. The number of hydrogen-bond acceptors (Lipinski definition) is 4. The van der Waals surface area contributed by atoms with Gasteiger partial charge in [-0.3, -0.25) is 9.89 Å². The summed E-state index contributed by atoms with van der Waals surface area (Å²) in [6.07, 6.45) is -3.33. The number of rotatable bonds is 5. The Balaban J connectivity index is 1.75. The Bertz CT molecular complexity index is 1040. The minimum absolute atomic E-state index is 0.0818. The number of pyridine rings is 1. The van der Waals surface area contributed by atoms with E-state index in [1.54, 1.807) is 18.2 Å². The minimum Gasteiger partial charge on any atom is -0.321 e. The van der Waals surface area contributed by atoms with Gasteiger partial charge in [0, 0.05) is 11.6 Å². The van der Waals surface area contributed by atoms with Gasteiger partial charge in [0.15, 0.2) is 0 Å². The van der Waals surface area contributed by atoms with E-state index in [1.807, 2.05) is 13.0 Å². The number of H-pyrrole nitrogens is 1. The normalized spacial score (nSPS) is 12.6. The van der Waals surface area contributed by atoms with E-state index >= 15 is 0 Å². The van der Waals surface area contributed by atoms with Gasteiger partial charge in [0.2, 0.25) is 0 Å². The fourth-order valence-corrected chi connectivity index (χ4v) is 2.63. The number of amides is 1. The zero-order valence-electron chi connectivity index (χ0n) is 14.7. The molecule has 10 heteroatoms. The van der Waals surface area contributed by atoms with Crippen LogP contribution in [0.3, 0.4) is 0 Å². The number of aromatic amines is 1. The molecule has 0 saturated carbocycles. The second-order valence-electron chi connectivity index (χ2n) is 6.17. The van der Waals surface area contributed by atoms with Crippen molar-refractivity contribution in [3.63, 3.8) is 0 Å². The molecule has 0 aliphatic carbocycles. The molecule has 1 aromatic carbocycles. The third-order valence-electron chi connectivity index (χ3n) is 4.06. The summed E-state index contributed by atoms with van der Waals surface area (Å²) in [6, 6.07) is 9.98. The number of nitrogens with zero attached hydrogens (tertiary/aromatic N) is 3. The molecular formula is C18H16F3N5O2. The highest BCUT2D eigenvalue weighted by atomic mass is 19.4. The van der Waals surface area contributed by atoms with E-state index in [2.05, 4.69) is 20.4 Å². The smallest absolute Gasteiger partial charge is 0.321 e. The average Bonchev–Trinajstić information content (AvgIpc) is 3.06. The van der Waals surface area contributed by atoms with Gasteiger partial charge < -0.3 is 5.32 Å². The van der Waals surface area contributed by atoms with Gasteiger partial charge >= 0.3 is 11.9 Å². The third-order valence-corrected chi connectivity index (χ3v) is 4.06. The van der Waals surface area contributed by atoms with E-state index in [0.29, 0.717) is 12.2 Å². The van der Waals surface area contributed by atoms with Crippen LogP contribution in [-0.2, 0) is 12.7 Å². The second-order valence-corrected chi connectivity index (χ2v) is 6.17. The van der Waals surface area contributed by atoms with E-state index in [4.69, 9.17) is 0 Å². The molecule has 0 radical (unpaired) electrons. The first-order valence-electron chi connectivity index (χ1n) is 8.30. The van der Waals surface area contributed by atoms with E-state index in [1.165, 1.54) is 17.1 Å². The number of hydrogen-bond donors (Lipinski definition) is 2. The number of benzene rings is 1. The number of halogens is 3. The number of nitrogens with one attached hydrogen (secondary N) is 2. The number of carbonyl (C=O) groups is 1. The summed E-state index contributed by atoms with van der Waals surface area (Å²) in [5.41, 5.74) is -0.626. The van der Waals surface area contributed by atoms with Gasteiger partial charge in [-0.2, -0.15) is 18.2 Å². The van der Waals surface area contributed by atoms with Gasteiger partial charge in [0.1, 0.15) is 17.7 Å². The maximum Gasteiger partial charge on any atom is 0.433 e. The van der Waals surface area contributed by atoms with Crippen molar-refractivity contribution in [1.29, 1.82) is 0 Å². The Hall–Kier alpha value is -3.43. The van der Waals surface area contributed by atoms with E-state index < -0.39 is 23.5 Å². The molecule has 3 aromatic rings. The molecule has 7 nitrogen and oxygen atoms in total. The molecule has 2 N–H and O–H groups in total. The third kappa shape index (κ3) is 4.45. The van der Waals surface area contributed by atoms with Gasteiger partial charge in [-0.25, -0.2) is 14.5 Å². The van der Waals surface area contributed by atoms with Gasteiger partial charge in [-0.05, 0) is 29.8 Å². The van der Waals surface area contributed by atoms with Crippen molar-refractivity contribution >= 4 is 11.6 Å². The summed E-state index contributed by atoms with van der Waals surface area (Å²) in [4.78, 5) is 30.8. The average molecular weight is 391 g/mol. The van der Waals surface area contributed by atoms with Crippen molar-refractivity contribution in [2.45, 2.75) is 25.6 Å². The van der Waals surface area contributed by atoms with Crippen LogP contribution in [0.1, 0.15) is 34.6 Å². The molecule has 0 fully saturated rings. The predicted molar refractivity (Wildman–Crippen MR) is 94.9 cm³/mol. The molecular weight excluding hydrogens is 375 g/mol. The number of aromatic nitrogens is 4. The minimum atomic E-state index is -4.63. The molecule has 1 unspecified atom stereocenters. The van der Waals surface area contributed by atoms with Crippen molar-refractivity contribution in [3.8, 4) is 0 Å². The lowest BCUT2D eigenvalue weighted by atomic mass is 10.0. The zero-order chi connectivity index (χ0) is 20.3. The van der Waals surface area contributed by atoms with Crippen LogP contribution in [0, 0.1) is 0 Å². The zero-order valence-corrected chi connectivity index (χ0v) is 14.7. The van der Waals surface area contributed by atoms with Crippen molar-refractivity contribution in [3.05, 3.63) is 76.2 Å². The maximum absolute atomic E-state index is 12.8. The van der Waals surface area contributed by atoms with Crippen molar-refractivity contribution in [2.24, 2.45) is 0 Å². The van der Waals surface area contributed by atoms with Crippen molar-refractivity contribution in [1.82, 2.24) is 19.7 Å². The molecule has 1 amide bonds. The largest absolute Gasteiger partial charge is 0.433 e. The quantitative estimate of drug-likeness (QED) is 0.699. The van der Waals surface area contributed by atoms with Gasteiger partial charge in [-0.1, -0.05) is 25.1 Å². The molecule has 0 spiro atoms. The molecule has 0 aliphatic heterocycles. The summed E-state index contributed by atoms with van der Waals surface area (Å²) in [5.74, 6) is -0.831. The predicted octanol–water partition coefficient (Wildman–Crippen LogP) is 3.04. The highest BCUT2D eigenvalue weighted by Crippen LogP contribution is 2.27. The van der Waals surface area contributed by atoms with Crippen LogP contribution >= 0.6 is 0 Å². The van der Waals surface area contributed by atoms with Crippen LogP contribution in [0.4, 0.5) is 18.9 Å². The highest BCUT2D eigenvalue weighted by Gasteiger charge is 2.32. The second kappa shape index (κ2) is 7.67. The first kappa shape index (κ1) is 19.3. The topological polar surface area (TPSA) is 92.7 Å². The van der Waals surface area contributed by atoms with Gasteiger partial charge in [0.25, 0.3) is 5.91 Å². The van der Waals surface area contributed by atoms with E-state index in [0.717, 1.165) is 17.7 Å². The Kier molecular flexibility index (Phi) is 5.30. The molecule has 0 aliphatic rings. The van der Waals surface area contributed by atoms with Crippen molar-refractivity contribution < 1.29 is 18.0 Å². The number of anilines is 1. The molecule has 146 valence electrons. The number of alkyl halides is 3. The summed E-state index contributed by atoms with van der Waals surface area (Å²) in [7, 11) is 0. The lowest BCUT2D eigenvalue weighted by molar-refractivity contribution is -0.141. The summed E-state index contributed by atoms with van der Waals surface area (Å²) in [6.45, 7) is 2.24. The fraction of sp³-hybridized carbons (Fsp3) is 0.222. The Morgan fingerprint density at radius 3 is 2.68 bits per heavy atom. The summed E-state index contributed by atoms with van der Waals surface area (Å²) in [5, 5.41) is 5.26. The Morgan fingerprint density at radius 2 is 2.00 bits per heavy atom. The molecule has 0 bridgehead atoms. The molecule has 3 rings (SSSR count). The van der Waals surface area contributed by atoms with Gasteiger partial charge in [0.05, 0.1) is 6.54 Å². The molecule has 2 aromatic heterocycles. The molecule has 1 atom stereocenters. The lowest BCUT2D eigenvalue weighted by Gasteiger charge is -2.14. The monoisotopic (exact) mass is 391 g/mol. The van der Waals surface area contributed by atoms with Crippen LogP contribution in [0.5, 0.6) is 0 Å². The SMILES string of the molecule is CC(Cn1[nH]cnc1=O)c1cccc(NC(=O)c2cccc(C(F)(F)F)n2)c1. The van der Waals surface area contributed by atoms with Crippen molar-refractivity contribution in [2.75, 3.05) is 5.32 Å². The molecule has 2 heterocycles. The highest BCUT2D eigenvalue weighted by molar-refractivity contribution is 6.02. The Labute approximate surface area is 157 Å². The lowest BCUT2D eigenvalue weighted by Crippen LogP contribution is -2.21. The summed E-state index contributed by atoms with van der Waals surface area (Å²) < 4.78 is 39.6. The summed E-state index contributed by atoms with van der Waals surface area (Å²) >= 11 is 0. The Morgan fingerprint density at radius 1 is 1.25 bits per heavy atom. The van der Waals surface area contributed by atoms with E-state index in [-0.39, 0.29) is 11.6 Å². The van der Waals surface area contributed by atoms with Crippen LogP contribution in [0.15, 0.2) is 53.6 Å². The maximum atomic E-state index is 12.8. The van der Waals surface area contributed by atoms with Crippen LogP contribution < -0.4 is 11.0 Å².